The molecule has 0 fully saturated rings. The van der Waals surface area contributed by atoms with E-state index in [4.69, 9.17) is 11.6 Å². The predicted molar refractivity (Wildman–Crippen MR) is 67.0 cm³/mol. The van der Waals surface area contributed by atoms with E-state index in [-0.39, 0.29) is 16.7 Å². The molecule has 108 valence electrons. The second-order valence-corrected chi connectivity index (χ2v) is 5.05. The summed E-state index contributed by atoms with van der Waals surface area (Å²) < 4.78 is 25.0. The van der Waals surface area contributed by atoms with Gasteiger partial charge in [0.15, 0.2) is 10.8 Å². The van der Waals surface area contributed by atoms with Gasteiger partial charge in [-0.3, -0.25) is 4.79 Å². The number of amides is 1. The smallest absolute Gasteiger partial charge is 0.280 e. The van der Waals surface area contributed by atoms with Crippen molar-refractivity contribution >= 4 is 28.8 Å². The van der Waals surface area contributed by atoms with Crippen LogP contribution in [0.4, 0.5) is 8.78 Å². The normalized spacial score (nSPS) is 11.1. The lowest BCUT2D eigenvalue weighted by Gasteiger charge is -2.01. The number of hydrogen-bond acceptors (Lipinski definition) is 6. The summed E-state index contributed by atoms with van der Waals surface area (Å²) in [6.45, 7) is 2.22. The lowest BCUT2D eigenvalue weighted by atomic mass is 10.5. The molecule has 1 amide bonds. The second kappa shape index (κ2) is 6.18. The number of nitrogens with one attached hydrogen (secondary N) is 1. The van der Waals surface area contributed by atoms with E-state index in [1.807, 2.05) is 0 Å². The SMILES string of the molecule is Cc1nnn(CCNC(=O)c2nc(Cl)c(C(F)F)s2)n1. The van der Waals surface area contributed by atoms with E-state index in [9.17, 15) is 13.6 Å². The van der Waals surface area contributed by atoms with Crippen molar-refractivity contribution in [1.82, 2.24) is 30.5 Å². The number of aromatic nitrogens is 5. The summed E-state index contributed by atoms with van der Waals surface area (Å²) in [5.41, 5.74) is 0. The van der Waals surface area contributed by atoms with Crippen LogP contribution in [-0.2, 0) is 6.54 Å². The van der Waals surface area contributed by atoms with Gasteiger partial charge < -0.3 is 5.32 Å². The molecule has 11 heteroatoms. The third kappa shape index (κ3) is 3.45. The molecule has 0 saturated heterocycles. The van der Waals surface area contributed by atoms with Crippen LogP contribution in [0.15, 0.2) is 0 Å². The Morgan fingerprint density at radius 1 is 1.55 bits per heavy atom. The first-order valence-electron chi connectivity index (χ1n) is 5.44. The standard InChI is InChI=1S/C9H9ClF2N6OS/c1-4-15-17-18(16-4)3-2-13-8(19)9-14-6(10)5(20-9)7(11)12/h7H,2-3H2,1H3,(H,13,19). The number of thiazole rings is 1. The fourth-order valence-corrected chi connectivity index (χ4v) is 2.37. The van der Waals surface area contributed by atoms with E-state index in [1.165, 1.54) is 4.80 Å². The van der Waals surface area contributed by atoms with Crippen molar-refractivity contribution in [3.63, 3.8) is 0 Å². The summed E-state index contributed by atoms with van der Waals surface area (Å²) >= 11 is 6.09. The Bertz CT molecular complexity index is 615. The summed E-state index contributed by atoms with van der Waals surface area (Å²) in [6, 6.07) is 0. The Morgan fingerprint density at radius 2 is 2.30 bits per heavy atom. The summed E-state index contributed by atoms with van der Waals surface area (Å²) in [5.74, 6) is -0.0507. The zero-order chi connectivity index (χ0) is 14.7. The number of alkyl halides is 2. The molecule has 7 nitrogen and oxygen atoms in total. The Kier molecular flexibility index (Phi) is 4.55. The topological polar surface area (TPSA) is 85.6 Å². The zero-order valence-corrected chi connectivity index (χ0v) is 11.8. The summed E-state index contributed by atoms with van der Waals surface area (Å²) in [6.07, 6.45) is -2.75. The third-order valence-corrected chi connectivity index (χ3v) is 3.61. The van der Waals surface area contributed by atoms with Crippen molar-refractivity contribution in [3.8, 4) is 0 Å². The summed E-state index contributed by atoms with van der Waals surface area (Å²) in [5, 5.41) is 13.4. The van der Waals surface area contributed by atoms with Gasteiger partial charge in [0.05, 0.1) is 6.54 Å². The molecule has 2 rings (SSSR count). The highest BCUT2D eigenvalue weighted by Crippen LogP contribution is 2.32. The molecule has 0 aliphatic rings. The van der Waals surface area contributed by atoms with Crippen LogP contribution >= 0.6 is 22.9 Å². The number of nitrogens with zero attached hydrogens (tertiary/aromatic N) is 5. The fraction of sp³-hybridized carbons (Fsp3) is 0.444. The summed E-state index contributed by atoms with van der Waals surface area (Å²) in [4.78, 5) is 16.2. The van der Waals surface area contributed by atoms with Gasteiger partial charge in [0.25, 0.3) is 12.3 Å². The van der Waals surface area contributed by atoms with Crippen molar-refractivity contribution in [2.24, 2.45) is 0 Å². The van der Waals surface area contributed by atoms with E-state index in [0.717, 1.165) is 0 Å². The average molecular weight is 323 g/mol. The number of tetrazole rings is 1. The van der Waals surface area contributed by atoms with E-state index in [0.29, 0.717) is 23.7 Å². The number of hydrogen-bond donors (Lipinski definition) is 1. The van der Waals surface area contributed by atoms with Crippen molar-refractivity contribution in [2.45, 2.75) is 19.9 Å². The largest absolute Gasteiger partial charge is 0.348 e. The predicted octanol–water partition coefficient (Wildman–Crippen LogP) is 1.46. The number of aryl methyl sites for hydroxylation is 1. The first kappa shape index (κ1) is 14.7. The van der Waals surface area contributed by atoms with Crippen molar-refractivity contribution < 1.29 is 13.6 Å². The van der Waals surface area contributed by atoms with Gasteiger partial charge in [-0.25, -0.2) is 13.8 Å². The maximum Gasteiger partial charge on any atom is 0.280 e. The molecule has 20 heavy (non-hydrogen) atoms. The van der Waals surface area contributed by atoms with Gasteiger partial charge >= 0.3 is 0 Å². The third-order valence-electron chi connectivity index (χ3n) is 2.15. The van der Waals surface area contributed by atoms with Crippen LogP contribution in [0.3, 0.4) is 0 Å². The van der Waals surface area contributed by atoms with Crippen molar-refractivity contribution in [1.29, 1.82) is 0 Å². The first-order valence-corrected chi connectivity index (χ1v) is 6.64. The maximum absolute atomic E-state index is 12.5. The highest BCUT2D eigenvalue weighted by atomic mass is 35.5. The highest BCUT2D eigenvalue weighted by Gasteiger charge is 2.21. The molecule has 2 aromatic heterocycles. The second-order valence-electron chi connectivity index (χ2n) is 3.66. The minimum absolute atomic E-state index is 0.104. The molecule has 0 saturated carbocycles. The molecule has 2 heterocycles. The lowest BCUT2D eigenvalue weighted by molar-refractivity contribution is 0.0951. The number of carbonyl (C=O) groups excluding carboxylic acids is 1. The van der Waals surface area contributed by atoms with Crippen LogP contribution < -0.4 is 5.32 Å². The first-order chi connectivity index (χ1) is 9.47. The number of rotatable bonds is 5. The molecule has 0 radical (unpaired) electrons. The Balaban J connectivity index is 1.90. The zero-order valence-electron chi connectivity index (χ0n) is 10.2. The van der Waals surface area contributed by atoms with Crippen LogP contribution in [0.1, 0.15) is 26.9 Å². The number of carbonyl (C=O) groups is 1. The van der Waals surface area contributed by atoms with E-state index >= 15 is 0 Å². The van der Waals surface area contributed by atoms with Crippen LogP contribution in [-0.4, -0.2) is 37.6 Å². The molecule has 0 unspecified atom stereocenters. The number of halogens is 3. The van der Waals surface area contributed by atoms with Gasteiger partial charge in [-0.15, -0.1) is 21.5 Å². The molecule has 0 spiro atoms. The molecular formula is C9H9ClF2N6OS. The van der Waals surface area contributed by atoms with Gasteiger partial charge in [0, 0.05) is 6.54 Å². The van der Waals surface area contributed by atoms with Gasteiger partial charge in [-0.05, 0) is 12.1 Å². The minimum atomic E-state index is -2.75. The molecule has 0 aromatic carbocycles. The molecular weight excluding hydrogens is 314 g/mol. The van der Waals surface area contributed by atoms with Gasteiger partial charge in [0.1, 0.15) is 10.0 Å². The van der Waals surface area contributed by atoms with Gasteiger partial charge in [0.2, 0.25) is 0 Å². The van der Waals surface area contributed by atoms with E-state index in [1.54, 1.807) is 6.92 Å². The van der Waals surface area contributed by atoms with Crippen LogP contribution in [0.5, 0.6) is 0 Å². The maximum atomic E-state index is 12.5. The monoisotopic (exact) mass is 322 g/mol. The Labute approximate surface area is 121 Å². The van der Waals surface area contributed by atoms with Crippen LogP contribution in [0, 0.1) is 6.92 Å². The average Bonchev–Trinajstić information content (AvgIpc) is 2.95. The summed E-state index contributed by atoms with van der Waals surface area (Å²) in [7, 11) is 0. The van der Waals surface area contributed by atoms with Gasteiger partial charge in [-0.1, -0.05) is 11.6 Å². The van der Waals surface area contributed by atoms with Crippen molar-refractivity contribution in [2.75, 3.05) is 6.54 Å². The molecule has 0 aliphatic carbocycles. The molecule has 0 atom stereocenters. The highest BCUT2D eigenvalue weighted by molar-refractivity contribution is 7.14. The van der Waals surface area contributed by atoms with Gasteiger partial charge in [-0.2, -0.15) is 4.80 Å². The van der Waals surface area contributed by atoms with Crippen LogP contribution in [0.25, 0.3) is 0 Å². The minimum Gasteiger partial charge on any atom is -0.348 e. The van der Waals surface area contributed by atoms with Crippen molar-refractivity contribution in [3.05, 3.63) is 20.9 Å². The van der Waals surface area contributed by atoms with E-state index < -0.39 is 17.2 Å². The molecule has 0 bridgehead atoms. The molecule has 2 aromatic rings. The quantitative estimate of drug-likeness (QED) is 0.900. The van der Waals surface area contributed by atoms with E-state index in [2.05, 4.69) is 25.7 Å². The fourth-order valence-electron chi connectivity index (χ4n) is 1.31. The Morgan fingerprint density at radius 3 is 2.85 bits per heavy atom. The Hall–Kier alpha value is -1.68. The molecule has 0 aliphatic heterocycles. The van der Waals surface area contributed by atoms with Crippen LogP contribution in [0.2, 0.25) is 5.15 Å². The lowest BCUT2D eigenvalue weighted by Crippen LogP contribution is -2.27. The molecule has 1 N–H and O–H groups in total.